The standard InChI is InChI=1S/C16H14F2OS/c17-14-9-8-13(11-15(14)18)20-10-4-7-16(19)12-5-2-1-3-6-12/h1-3,5-6,8-9,11H,4,7,10H2. The van der Waals surface area contributed by atoms with Crippen molar-refractivity contribution >= 4 is 17.5 Å². The van der Waals surface area contributed by atoms with Gasteiger partial charge in [0.25, 0.3) is 0 Å². The molecule has 0 aliphatic rings. The zero-order valence-electron chi connectivity index (χ0n) is 10.8. The highest BCUT2D eigenvalue weighted by molar-refractivity contribution is 7.99. The van der Waals surface area contributed by atoms with E-state index in [1.54, 1.807) is 18.2 Å². The third-order valence-corrected chi connectivity index (χ3v) is 3.88. The lowest BCUT2D eigenvalue weighted by atomic mass is 10.1. The first-order valence-electron chi connectivity index (χ1n) is 6.33. The van der Waals surface area contributed by atoms with Crippen molar-refractivity contribution in [2.24, 2.45) is 0 Å². The van der Waals surface area contributed by atoms with Crippen LogP contribution in [0.15, 0.2) is 53.4 Å². The molecule has 2 aromatic rings. The Morgan fingerprint density at radius 2 is 1.75 bits per heavy atom. The zero-order chi connectivity index (χ0) is 14.4. The van der Waals surface area contributed by atoms with Gasteiger partial charge in [0.2, 0.25) is 0 Å². The number of hydrogen-bond acceptors (Lipinski definition) is 2. The highest BCUT2D eigenvalue weighted by atomic mass is 32.2. The summed E-state index contributed by atoms with van der Waals surface area (Å²) >= 11 is 1.42. The Hall–Kier alpha value is -1.68. The molecule has 0 aromatic heterocycles. The number of carbonyl (C=O) groups is 1. The van der Waals surface area contributed by atoms with Gasteiger partial charge < -0.3 is 0 Å². The molecule has 4 heteroatoms. The van der Waals surface area contributed by atoms with Gasteiger partial charge in [-0.2, -0.15) is 0 Å². The molecule has 20 heavy (non-hydrogen) atoms. The Morgan fingerprint density at radius 1 is 1.00 bits per heavy atom. The quantitative estimate of drug-likeness (QED) is 0.435. The number of hydrogen-bond donors (Lipinski definition) is 0. The Balaban J connectivity index is 1.76. The number of halogens is 2. The van der Waals surface area contributed by atoms with Gasteiger partial charge in [0.15, 0.2) is 17.4 Å². The average molecular weight is 292 g/mol. The van der Waals surface area contributed by atoms with E-state index >= 15 is 0 Å². The van der Waals surface area contributed by atoms with Gasteiger partial charge in [0, 0.05) is 16.9 Å². The lowest BCUT2D eigenvalue weighted by molar-refractivity contribution is 0.0982. The molecule has 2 aromatic carbocycles. The second-order valence-electron chi connectivity index (χ2n) is 4.32. The Kier molecular flexibility index (Phi) is 5.30. The predicted octanol–water partition coefficient (Wildman–Crippen LogP) is 4.72. The molecule has 104 valence electrons. The molecule has 0 aliphatic heterocycles. The van der Waals surface area contributed by atoms with Gasteiger partial charge >= 0.3 is 0 Å². The van der Waals surface area contributed by atoms with Crippen molar-refractivity contribution in [1.29, 1.82) is 0 Å². The number of ketones is 1. The second-order valence-corrected chi connectivity index (χ2v) is 5.49. The van der Waals surface area contributed by atoms with Crippen LogP contribution < -0.4 is 0 Å². The van der Waals surface area contributed by atoms with Crippen molar-refractivity contribution in [2.75, 3.05) is 5.75 Å². The summed E-state index contributed by atoms with van der Waals surface area (Å²) < 4.78 is 25.7. The van der Waals surface area contributed by atoms with Crippen LogP contribution in [0.3, 0.4) is 0 Å². The van der Waals surface area contributed by atoms with Gasteiger partial charge in [0.1, 0.15) is 0 Å². The van der Waals surface area contributed by atoms with Crippen molar-refractivity contribution in [1.82, 2.24) is 0 Å². The minimum atomic E-state index is -0.839. The average Bonchev–Trinajstić information content (AvgIpc) is 2.48. The van der Waals surface area contributed by atoms with Gasteiger partial charge in [0.05, 0.1) is 0 Å². The molecule has 1 nitrogen and oxygen atoms in total. The van der Waals surface area contributed by atoms with E-state index in [9.17, 15) is 13.6 Å². The third-order valence-electron chi connectivity index (χ3n) is 2.80. The van der Waals surface area contributed by atoms with Crippen LogP contribution in [-0.2, 0) is 0 Å². The maximum absolute atomic E-state index is 13.0. The molecule has 0 fully saturated rings. The smallest absolute Gasteiger partial charge is 0.162 e. The van der Waals surface area contributed by atoms with Gasteiger partial charge in [-0.3, -0.25) is 4.79 Å². The van der Waals surface area contributed by atoms with E-state index in [4.69, 9.17) is 0 Å². The van der Waals surface area contributed by atoms with Crippen molar-refractivity contribution in [3.8, 4) is 0 Å². The highest BCUT2D eigenvalue weighted by Crippen LogP contribution is 2.21. The van der Waals surface area contributed by atoms with E-state index in [0.29, 0.717) is 29.1 Å². The molecule has 0 radical (unpaired) electrons. The van der Waals surface area contributed by atoms with Crippen LogP contribution in [0.1, 0.15) is 23.2 Å². The molecule has 0 unspecified atom stereocenters. The maximum Gasteiger partial charge on any atom is 0.162 e. The minimum absolute atomic E-state index is 0.108. The van der Waals surface area contributed by atoms with Crippen LogP contribution in [0.2, 0.25) is 0 Å². The lowest BCUT2D eigenvalue weighted by Crippen LogP contribution is -1.99. The van der Waals surface area contributed by atoms with Crippen molar-refractivity contribution in [3.05, 3.63) is 65.7 Å². The van der Waals surface area contributed by atoms with Crippen LogP contribution in [0, 0.1) is 11.6 Å². The van der Waals surface area contributed by atoms with Gasteiger partial charge in [-0.15, -0.1) is 11.8 Å². The van der Waals surface area contributed by atoms with Crippen LogP contribution >= 0.6 is 11.8 Å². The SMILES string of the molecule is O=C(CCCSc1ccc(F)c(F)c1)c1ccccc1. The van der Waals surface area contributed by atoms with Crippen LogP contribution in [0.4, 0.5) is 8.78 Å². The molecular formula is C16H14F2OS. The summed E-state index contributed by atoms with van der Waals surface area (Å²) in [6, 6.07) is 13.0. The minimum Gasteiger partial charge on any atom is -0.294 e. The molecule has 0 amide bonds. The number of carbonyl (C=O) groups excluding carboxylic acids is 1. The Labute approximate surface area is 121 Å². The first kappa shape index (κ1) is 14.7. The summed E-state index contributed by atoms with van der Waals surface area (Å²) in [7, 11) is 0. The molecule has 0 aliphatic carbocycles. The van der Waals surface area contributed by atoms with Crippen molar-refractivity contribution < 1.29 is 13.6 Å². The van der Waals surface area contributed by atoms with E-state index in [2.05, 4.69) is 0 Å². The molecule has 0 saturated carbocycles. The van der Waals surface area contributed by atoms with E-state index in [0.717, 1.165) is 6.07 Å². The fourth-order valence-corrected chi connectivity index (χ4v) is 2.63. The van der Waals surface area contributed by atoms with Crippen LogP contribution in [0.5, 0.6) is 0 Å². The molecule has 0 spiro atoms. The Morgan fingerprint density at radius 3 is 2.45 bits per heavy atom. The monoisotopic (exact) mass is 292 g/mol. The second kappa shape index (κ2) is 7.20. The van der Waals surface area contributed by atoms with E-state index in [1.165, 1.54) is 17.8 Å². The topological polar surface area (TPSA) is 17.1 Å². The third kappa shape index (κ3) is 4.17. The van der Waals surface area contributed by atoms with Crippen molar-refractivity contribution in [3.63, 3.8) is 0 Å². The number of benzene rings is 2. The van der Waals surface area contributed by atoms with Gasteiger partial charge in [-0.25, -0.2) is 8.78 Å². The molecule has 0 bridgehead atoms. The summed E-state index contributed by atoms with van der Waals surface area (Å²) in [5.41, 5.74) is 0.713. The molecular weight excluding hydrogens is 278 g/mol. The highest BCUT2D eigenvalue weighted by Gasteiger charge is 2.06. The number of Topliss-reactive ketones (excluding diaryl/α,β-unsaturated/α-hetero) is 1. The largest absolute Gasteiger partial charge is 0.294 e. The van der Waals surface area contributed by atoms with Crippen molar-refractivity contribution in [2.45, 2.75) is 17.7 Å². The first-order chi connectivity index (χ1) is 9.66. The summed E-state index contributed by atoms with van der Waals surface area (Å²) in [5, 5.41) is 0. The molecule has 0 saturated heterocycles. The van der Waals surface area contributed by atoms with E-state index in [1.807, 2.05) is 18.2 Å². The lowest BCUT2D eigenvalue weighted by Gasteiger charge is -2.03. The summed E-state index contributed by atoms with van der Waals surface area (Å²) in [6.07, 6.45) is 1.16. The van der Waals surface area contributed by atoms with Crippen LogP contribution in [0.25, 0.3) is 0 Å². The summed E-state index contributed by atoms with van der Waals surface area (Å²) in [5.74, 6) is -0.871. The molecule has 0 N–H and O–H groups in total. The van der Waals surface area contributed by atoms with E-state index < -0.39 is 11.6 Å². The molecule has 2 rings (SSSR count). The molecule has 0 heterocycles. The predicted molar refractivity (Wildman–Crippen MR) is 77.1 cm³/mol. The van der Waals surface area contributed by atoms with Gasteiger partial charge in [-0.05, 0) is 30.4 Å². The number of thioether (sulfide) groups is 1. The number of rotatable bonds is 6. The fraction of sp³-hybridized carbons (Fsp3) is 0.188. The first-order valence-corrected chi connectivity index (χ1v) is 7.31. The van der Waals surface area contributed by atoms with Crippen LogP contribution in [-0.4, -0.2) is 11.5 Å². The summed E-state index contributed by atoms with van der Waals surface area (Å²) in [6.45, 7) is 0. The normalized spacial score (nSPS) is 10.5. The Bertz CT molecular complexity index is 584. The summed E-state index contributed by atoms with van der Waals surface area (Å²) in [4.78, 5) is 12.5. The van der Waals surface area contributed by atoms with E-state index in [-0.39, 0.29) is 5.78 Å². The maximum atomic E-state index is 13.0. The fourth-order valence-electron chi connectivity index (χ4n) is 1.76. The zero-order valence-corrected chi connectivity index (χ0v) is 11.6. The molecule has 0 atom stereocenters. The van der Waals surface area contributed by atoms with Gasteiger partial charge in [-0.1, -0.05) is 30.3 Å².